The van der Waals surface area contributed by atoms with E-state index in [0.29, 0.717) is 34.9 Å². The number of nitrogens with one attached hydrogen (secondary N) is 2. The lowest BCUT2D eigenvalue weighted by molar-refractivity contribution is -0.117. The number of carbonyl (C=O) groups is 2. The predicted octanol–water partition coefficient (Wildman–Crippen LogP) is 3.35. The van der Waals surface area contributed by atoms with E-state index in [1.165, 1.54) is 16.6 Å². The zero-order valence-electron chi connectivity index (χ0n) is 18.6. The maximum Gasteiger partial charge on any atom is 0.259 e. The van der Waals surface area contributed by atoms with E-state index in [2.05, 4.69) is 25.8 Å². The van der Waals surface area contributed by atoms with E-state index in [4.69, 9.17) is 4.74 Å². The van der Waals surface area contributed by atoms with E-state index >= 15 is 0 Å². The lowest BCUT2D eigenvalue weighted by atomic mass is 10.2. The molecule has 4 aromatic rings. The molecule has 1 aliphatic rings. The summed E-state index contributed by atoms with van der Waals surface area (Å²) in [5, 5.41) is 24.2. The van der Waals surface area contributed by atoms with Gasteiger partial charge in [-0.1, -0.05) is 0 Å². The highest BCUT2D eigenvalue weighted by Crippen LogP contribution is 2.32. The maximum absolute atomic E-state index is 12.7. The molecule has 11 heteroatoms. The van der Waals surface area contributed by atoms with Crippen LogP contribution in [0.25, 0.3) is 5.65 Å². The Labute approximate surface area is 194 Å². The number of aryl methyl sites for hydroxylation is 2. The molecule has 1 aromatic carbocycles. The zero-order valence-corrected chi connectivity index (χ0v) is 18.6. The molecule has 3 aromatic heterocycles. The van der Waals surface area contributed by atoms with Gasteiger partial charge >= 0.3 is 0 Å². The van der Waals surface area contributed by atoms with Crippen LogP contribution in [0, 0.1) is 12.8 Å². The number of nitrogens with zero attached hydrogens (tertiary/aromatic N) is 5. The molecule has 0 bridgehead atoms. The molecule has 1 aliphatic carbocycles. The van der Waals surface area contributed by atoms with Gasteiger partial charge in [0.15, 0.2) is 5.65 Å². The van der Waals surface area contributed by atoms with Crippen molar-refractivity contribution < 1.29 is 19.4 Å². The van der Waals surface area contributed by atoms with Gasteiger partial charge in [0.05, 0.1) is 23.1 Å². The number of carbonyl (C=O) groups excluding carboxylic acids is 2. The molecule has 0 spiro atoms. The summed E-state index contributed by atoms with van der Waals surface area (Å²) >= 11 is 0. The molecule has 1 saturated carbocycles. The van der Waals surface area contributed by atoms with Crippen LogP contribution in [0.2, 0.25) is 0 Å². The predicted molar refractivity (Wildman–Crippen MR) is 123 cm³/mol. The number of rotatable bonds is 7. The van der Waals surface area contributed by atoms with Crippen LogP contribution in [0.3, 0.4) is 0 Å². The molecule has 3 heterocycles. The molecule has 1 fully saturated rings. The molecule has 174 valence electrons. The molecule has 34 heavy (non-hydrogen) atoms. The van der Waals surface area contributed by atoms with E-state index in [0.717, 1.165) is 12.8 Å². The minimum atomic E-state index is -0.380. The SMILES string of the molecule is CCn1cc(C(=O)Nc2cc(Oc3ccc4nc(NC(=O)C5CC5)nn4c3)ccc2O)c(C)n1. The number of phenolic OH excluding ortho intramolecular Hbond substituents is 1. The Bertz CT molecular complexity index is 1400. The Kier molecular flexibility index (Phi) is 5.36. The van der Waals surface area contributed by atoms with Gasteiger partial charge in [0.1, 0.15) is 17.2 Å². The third-order valence-corrected chi connectivity index (χ3v) is 5.45. The number of aromatic nitrogens is 5. The van der Waals surface area contributed by atoms with Gasteiger partial charge in [-0.05, 0) is 51.0 Å². The van der Waals surface area contributed by atoms with Crippen LogP contribution in [0.4, 0.5) is 11.6 Å². The average Bonchev–Trinajstić information content (AvgIpc) is 3.49. The summed E-state index contributed by atoms with van der Waals surface area (Å²) in [6.45, 7) is 4.33. The van der Waals surface area contributed by atoms with Crippen LogP contribution < -0.4 is 15.4 Å². The first-order valence-electron chi connectivity index (χ1n) is 10.9. The molecular weight excluding hydrogens is 438 g/mol. The van der Waals surface area contributed by atoms with Crippen LogP contribution in [0.1, 0.15) is 35.8 Å². The van der Waals surface area contributed by atoms with Crippen molar-refractivity contribution in [2.24, 2.45) is 5.92 Å². The van der Waals surface area contributed by atoms with Gasteiger partial charge < -0.3 is 15.2 Å². The number of pyridine rings is 1. The van der Waals surface area contributed by atoms with Crippen LogP contribution in [0.15, 0.2) is 42.7 Å². The second-order valence-corrected chi connectivity index (χ2v) is 8.09. The summed E-state index contributed by atoms with van der Waals surface area (Å²) in [6.07, 6.45) is 5.09. The fraction of sp³-hybridized carbons (Fsp3) is 0.261. The summed E-state index contributed by atoms with van der Waals surface area (Å²) in [5.41, 5.74) is 1.78. The molecule has 0 saturated heterocycles. The molecule has 0 unspecified atom stereocenters. The summed E-state index contributed by atoms with van der Waals surface area (Å²) in [6, 6.07) is 7.97. The number of fused-ring (bicyclic) bond motifs is 1. The van der Waals surface area contributed by atoms with E-state index in [1.807, 2.05) is 6.92 Å². The smallest absolute Gasteiger partial charge is 0.259 e. The van der Waals surface area contributed by atoms with Crippen molar-refractivity contribution in [3.8, 4) is 17.2 Å². The second-order valence-electron chi connectivity index (χ2n) is 8.09. The molecule has 5 rings (SSSR count). The maximum atomic E-state index is 12.7. The number of aromatic hydroxyl groups is 1. The molecule has 0 atom stereocenters. The van der Waals surface area contributed by atoms with Crippen LogP contribution in [0.5, 0.6) is 17.2 Å². The van der Waals surface area contributed by atoms with E-state index < -0.39 is 0 Å². The Balaban J connectivity index is 1.32. The third-order valence-electron chi connectivity index (χ3n) is 5.45. The highest BCUT2D eigenvalue weighted by Gasteiger charge is 2.30. The van der Waals surface area contributed by atoms with Crippen molar-refractivity contribution in [1.82, 2.24) is 24.4 Å². The Morgan fingerprint density at radius 1 is 1.12 bits per heavy atom. The quantitative estimate of drug-likeness (QED) is 0.359. The fourth-order valence-electron chi connectivity index (χ4n) is 3.44. The standard InChI is InChI=1S/C23H23N7O4/c1-3-29-12-17(13(2)27-29)22(33)24-18-10-15(6-8-19(18)31)34-16-7-9-20-25-23(28-30(20)11-16)26-21(32)14-4-5-14/h6-12,14,31H,3-5H2,1-2H3,(H,24,33)(H,26,28,32). The highest BCUT2D eigenvalue weighted by molar-refractivity contribution is 6.05. The largest absolute Gasteiger partial charge is 0.506 e. The summed E-state index contributed by atoms with van der Waals surface area (Å²) in [7, 11) is 0. The van der Waals surface area contributed by atoms with Crippen molar-refractivity contribution in [1.29, 1.82) is 0 Å². The molecule has 2 amide bonds. The summed E-state index contributed by atoms with van der Waals surface area (Å²) in [5.74, 6) is 0.616. The number of benzene rings is 1. The number of ether oxygens (including phenoxy) is 1. The van der Waals surface area contributed by atoms with Crippen molar-refractivity contribution in [3.63, 3.8) is 0 Å². The minimum Gasteiger partial charge on any atom is -0.506 e. The Morgan fingerprint density at radius 3 is 2.65 bits per heavy atom. The van der Waals surface area contributed by atoms with Gasteiger partial charge in [0.2, 0.25) is 11.9 Å². The number of hydrogen-bond donors (Lipinski definition) is 3. The van der Waals surface area contributed by atoms with Gasteiger partial charge in [-0.15, -0.1) is 5.10 Å². The average molecular weight is 461 g/mol. The minimum absolute atomic E-state index is 0.0569. The Hall–Kier alpha value is -4.41. The highest BCUT2D eigenvalue weighted by atomic mass is 16.5. The van der Waals surface area contributed by atoms with Gasteiger partial charge in [0, 0.05) is 24.7 Å². The lowest BCUT2D eigenvalue weighted by Crippen LogP contribution is -2.14. The number of hydrogen-bond acceptors (Lipinski definition) is 7. The van der Waals surface area contributed by atoms with E-state index in [9.17, 15) is 14.7 Å². The normalized spacial score (nSPS) is 13.1. The third kappa shape index (κ3) is 4.40. The number of amides is 2. The van der Waals surface area contributed by atoms with Crippen molar-refractivity contribution in [2.75, 3.05) is 10.6 Å². The van der Waals surface area contributed by atoms with Crippen LogP contribution >= 0.6 is 0 Å². The molecule has 11 nitrogen and oxygen atoms in total. The monoisotopic (exact) mass is 461 g/mol. The molecule has 0 aliphatic heterocycles. The van der Waals surface area contributed by atoms with E-state index in [-0.39, 0.29) is 35.1 Å². The van der Waals surface area contributed by atoms with Crippen molar-refractivity contribution >= 4 is 29.1 Å². The summed E-state index contributed by atoms with van der Waals surface area (Å²) in [4.78, 5) is 28.9. The molecular formula is C23H23N7O4. The molecule has 3 N–H and O–H groups in total. The van der Waals surface area contributed by atoms with Gasteiger partial charge in [-0.25, -0.2) is 4.52 Å². The van der Waals surface area contributed by atoms with Crippen molar-refractivity contribution in [3.05, 3.63) is 54.0 Å². The van der Waals surface area contributed by atoms with Gasteiger partial charge in [-0.2, -0.15) is 10.1 Å². The lowest BCUT2D eigenvalue weighted by Gasteiger charge is -2.10. The number of anilines is 2. The molecule has 0 radical (unpaired) electrons. The summed E-state index contributed by atoms with van der Waals surface area (Å²) < 4.78 is 9.08. The van der Waals surface area contributed by atoms with E-state index in [1.54, 1.807) is 42.2 Å². The topological polar surface area (TPSA) is 136 Å². The van der Waals surface area contributed by atoms with Gasteiger partial charge in [-0.3, -0.25) is 19.6 Å². The van der Waals surface area contributed by atoms with Crippen LogP contribution in [-0.4, -0.2) is 41.3 Å². The van der Waals surface area contributed by atoms with Crippen LogP contribution in [-0.2, 0) is 11.3 Å². The number of phenols is 1. The first-order chi connectivity index (χ1) is 16.4. The first-order valence-corrected chi connectivity index (χ1v) is 10.9. The fourth-order valence-corrected chi connectivity index (χ4v) is 3.44. The van der Waals surface area contributed by atoms with Crippen molar-refractivity contribution in [2.45, 2.75) is 33.2 Å². The van der Waals surface area contributed by atoms with Gasteiger partial charge in [0.25, 0.3) is 5.91 Å². The Morgan fingerprint density at radius 2 is 1.91 bits per heavy atom. The first kappa shape index (κ1) is 21.4. The second kappa shape index (κ2) is 8.50. The zero-order chi connectivity index (χ0) is 23.8.